The number of nitrogens with two attached hydrogens (primary N) is 4. The van der Waals surface area contributed by atoms with Crippen molar-refractivity contribution in [2.24, 2.45) is 27.9 Å². The van der Waals surface area contributed by atoms with E-state index in [9.17, 15) is 29.1 Å². The Morgan fingerprint density at radius 2 is 1.55 bits per heavy atom. The molecule has 14 N–H and O–H groups in total. The van der Waals surface area contributed by atoms with Crippen LogP contribution in [0.25, 0.3) is 0 Å². The quantitative estimate of drug-likeness (QED) is 0.0358. The molecule has 0 aliphatic heterocycles. The number of imidazole rings is 1. The standard InChI is InChI=1S/C22H39N11O6S/c1-10(23)18(36)31-14(6-12-7-27-9-29-12)20(38)30-13(4-3-5-28-22(25)26)19(37)32-15(8-40)21(39)33-16(11(2)34)17(24)35/h7,9-11,13-16,34,40H,3-6,8,23H2,1-2H3,(H2,24,35)(H,27,29)(H,30,38)(H,31,36)(H,32,37)(H,33,39)(H4,25,26,28)/t10-,11+,13-,14-,15-,16-/m0/s1. The van der Waals surface area contributed by atoms with Crippen LogP contribution in [0.1, 0.15) is 32.4 Å². The van der Waals surface area contributed by atoms with Crippen molar-refractivity contribution in [3.8, 4) is 0 Å². The van der Waals surface area contributed by atoms with E-state index < -0.39 is 65.8 Å². The minimum absolute atomic E-state index is 0.0160. The summed E-state index contributed by atoms with van der Waals surface area (Å²) in [5.74, 6) is -4.22. The summed E-state index contributed by atoms with van der Waals surface area (Å²) in [4.78, 5) is 73.5. The third-order valence-corrected chi connectivity index (χ3v) is 5.87. The van der Waals surface area contributed by atoms with Crippen LogP contribution in [-0.4, -0.2) is 99.2 Å². The number of primary amides is 1. The molecule has 0 spiro atoms. The highest BCUT2D eigenvalue weighted by atomic mass is 32.1. The lowest BCUT2D eigenvalue weighted by Gasteiger charge is -2.26. The van der Waals surface area contributed by atoms with Crippen LogP contribution in [-0.2, 0) is 30.4 Å². The number of carbonyl (C=O) groups excluding carboxylic acids is 5. The van der Waals surface area contributed by atoms with Gasteiger partial charge in [-0.15, -0.1) is 0 Å². The van der Waals surface area contributed by atoms with Gasteiger partial charge in [-0.1, -0.05) is 0 Å². The van der Waals surface area contributed by atoms with Crippen molar-refractivity contribution < 1.29 is 29.1 Å². The Balaban J connectivity index is 3.11. The van der Waals surface area contributed by atoms with E-state index in [1.807, 2.05) is 0 Å². The van der Waals surface area contributed by atoms with Crippen LogP contribution in [0.5, 0.6) is 0 Å². The van der Waals surface area contributed by atoms with E-state index in [4.69, 9.17) is 22.9 Å². The molecule has 40 heavy (non-hydrogen) atoms. The summed E-state index contributed by atoms with van der Waals surface area (Å²) in [7, 11) is 0. The minimum atomic E-state index is -1.40. The van der Waals surface area contributed by atoms with Gasteiger partial charge >= 0.3 is 0 Å². The fourth-order valence-electron chi connectivity index (χ4n) is 3.32. The number of H-pyrrole nitrogens is 1. The van der Waals surface area contributed by atoms with Crippen LogP contribution < -0.4 is 44.2 Å². The van der Waals surface area contributed by atoms with Gasteiger partial charge in [-0.3, -0.25) is 29.0 Å². The molecule has 0 bridgehead atoms. The number of aliphatic hydroxyl groups is 1. The number of nitrogens with zero attached hydrogens (tertiary/aromatic N) is 2. The summed E-state index contributed by atoms with van der Waals surface area (Å²) < 4.78 is 0. The van der Waals surface area contributed by atoms with E-state index in [-0.39, 0.29) is 37.5 Å². The Morgan fingerprint density at radius 3 is 2.05 bits per heavy atom. The third kappa shape index (κ3) is 11.9. The number of aromatic nitrogens is 2. The number of guanidine groups is 1. The molecule has 0 radical (unpaired) electrons. The SMILES string of the molecule is C[C@H](N)C(=O)N[C@@H](Cc1cnc[nH]1)C(=O)N[C@@H](CCCN=C(N)N)C(=O)N[C@@H](CS)C(=O)N[C@H](C(N)=O)[C@@H](C)O. The highest BCUT2D eigenvalue weighted by Crippen LogP contribution is 2.05. The Bertz CT molecular complexity index is 1030. The van der Waals surface area contributed by atoms with Crippen molar-refractivity contribution in [2.45, 2.75) is 69.4 Å². The summed E-state index contributed by atoms with van der Waals surface area (Å²) in [5, 5.41) is 19.6. The van der Waals surface area contributed by atoms with Gasteiger partial charge in [0.1, 0.15) is 24.2 Å². The first kappa shape index (κ1) is 34.1. The first-order chi connectivity index (χ1) is 18.8. The number of thiol groups is 1. The van der Waals surface area contributed by atoms with Gasteiger partial charge in [0.15, 0.2) is 5.96 Å². The van der Waals surface area contributed by atoms with E-state index in [2.05, 4.69) is 48.9 Å². The van der Waals surface area contributed by atoms with Gasteiger partial charge in [0.2, 0.25) is 29.5 Å². The van der Waals surface area contributed by atoms with Crippen molar-refractivity contribution in [1.29, 1.82) is 0 Å². The van der Waals surface area contributed by atoms with Crippen molar-refractivity contribution in [2.75, 3.05) is 12.3 Å². The largest absolute Gasteiger partial charge is 0.391 e. The number of amides is 5. The van der Waals surface area contributed by atoms with Gasteiger partial charge in [-0.05, 0) is 26.7 Å². The van der Waals surface area contributed by atoms with E-state index >= 15 is 0 Å². The second-order valence-corrected chi connectivity index (χ2v) is 9.38. The predicted octanol–water partition coefficient (Wildman–Crippen LogP) is -4.91. The Kier molecular flexibility index (Phi) is 14.4. The predicted molar refractivity (Wildman–Crippen MR) is 148 cm³/mol. The van der Waals surface area contributed by atoms with Crippen LogP contribution in [0.3, 0.4) is 0 Å². The van der Waals surface area contributed by atoms with E-state index in [1.54, 1.807) is 0 Å². The maximum absolute atomic E-state index is 13.2. The Hall–Kier alpha value is -3.90. The van der Waals surface area contributed by atoms with Crippen molar-refractivity contribution >= 4 is 48.1 Å². The van der Waals surface area contributed by atoms with Crippen molar-refractivity contribution in [1.82, 2.24) is 31.2 Å². The molecule has 1 aromatic rings. The zero-order valence-electron chi connectivity index (χ0n) is 22.3. The Morgan fingerprint density at radius 1 is 0.975 bits per heavy atom. The number of aliphatic hydroxyl groups excluding tert-OH is 1. The molecule has 1 aromatic heterocycles. The molecule has 5 amide bonds. The van der Waals surface area contributed by atoms with Crippen LogP contribution >= 0.6 is 12.6 Å². The van der Waals surface area contributed by atoms with E-state index in [0.29, 0.717) is 5.69 Å². The summed E-state index contributed by atoms with van der Waals surface area (Å²) in [6.45, 7) is 2.85. The lowest BCUT2D eigenvalue weighted by molar-refractivity contribution is -0.134. The number of aliphatic imine (C=N–C) groups is 1. The van der Waals surface area contributed by atoms with Crippen LogP contribution in [0.15, 0.2) is 17.5 Å². The number of rotatable bonds is 17. The van der Waals surface area contributed by atoms with Gasteiger partial charge in [0.25, 0.3) is 0 Å². The maximum Gasteiger partial charge on any atom is 0.244 e. The second kappa shape index (κ2) is 16.9. The maximum atomic E-state index is 13.2. The van der Waals surface area contributed by atoms with Crippen molar-refractivity contribution in [3.05, 3.63) is 18.2 Å². The van der Waals surface area contributed by atoms with Crippen LogP contribution in [0.4, 0.5) is 0 Å². The minimum Gasteiger partial charge on any atom is -0.391 e. The molecule has 224 valence electrons. The highest BCUT2D eigenvalue weighted by molar-refractivity contribution is 7.80. The molecule has 1 heterocycles. The molecule has 17 nitrogen and oxygen atoms in total. The first-order valence-corrected chi connectivity index (χ1v) is 13.0. The number of aromatic amines is 1. The molecule has 18 heteroatoms. The molecule has 0 saturated heterocycles. The van der Waals surface area contributed by atoms with Gasteiger partial charge in [0.05, 0.1) is 18.5 Å². The number of carbonyl (C=O) groups is 5. The molecular weight excluding hydrogens is 546 g/mol. The van der Waals surface area contributed by atoms with Gasteiger partial charge in [0, 0.05) is 30.6 Å². The fourth-order valence-corrected chi connectivity index (χ4v) is 3.58. The lowest BCUT2D eigenvalue weighted by atomic mass is 10.1. The summed E-state index contributed by atoms with van der Waals surface area (Å²) in [6.07, 6.45) is 1.91. The van der Waals surface area contributed by atoms with Crippen molar-refractivity contribution in [3.63, 3.8) is 0 Å². The van der Waals surface area contributed by atoms with E-state index in [0.717, 1.165) is 0 Å². The number of hydrogen-bond acceptors (Lipinski definition) is 10. The fraction of sp³-hybridized carbons (Fsp3) is 0.591. The molecule has 0 aliphatic carbocycles. The summed E-state index contributed by atoms with van der Waals surface area (Å²) in [6, 6.07) is -5.89. The highest BCUT2D eigenvalue weighted by Gasteiger charge is 2.31. The van der Waals surface area contributed by atoms with Gasteiger partial charge in [-0.25, -0.2) is 4.98 Å². The molecular formula is C22H39N11O6S. The molecule has 0 fully saturated rings. The van der Waals surface area contributed by atoms with Crippen LogP contribution in [0, 0.1) is 0 Å². The molecule has 0 saturated carbocycles. The normalized spacial score (nSPS) is 15.3. The summed E-state index contributed by atoms with van der Waals surface area (Å²) in [5.41, 5.74) is 22.1. The zero-order chi connectivity index (χ0) is 30.4. The molecule has 0 unspecified atom stereocenters. The smallest absolute Gasteiger partial charge is 0.244 e. The monoisotopic (exact) mass is 585 g/mol. The second-order valence-electron chi connectivity index (χ2n) is 9.01. The van der Waals surface area contributed by atoms with E-state index in [1.165, 1.54) is 26.4 Å². The topological polar surface area (TPSA) is 299 Å². The average Bonchev–Trinajstić information content (AvgIpc) is 3.39. The number of hydrogen-bond donors (Lipinski definition) is 11. The third-order valence-electron chi connectivity index (χ3n) is 5.51. The molecule has 0 aliphatic rings. The van der Waals surface area contributed by atoms with Gasteiger partial charge in [-0.2, -0.15) is 12.6 Å². The average molecular weight is 586 g/mol. The molecule has 6 atom stereocenters. The molecule has 0 aromatic carbocycles. The summed E-state index contributed by atoms with van der Waals surface area (Å²) >= 11 is 4.08. The molecule has 1 rings (SSSR count). The lowest BCUT2D eigenvalue weighted by Crippen LogP contribution is -2.60. The first-order valence-electron chi connectivity index (χ1n) is 12.3. The van der Waals surface area contributed by atoms with Gasteiger partial charge < -0.3 is 54.3 Å². The van der Waals surface area contributed by atoms with Crippen LogP contribution in [0.2, 0.25) is 0 Å². The zero-order valence-corrected chi connectivity index (χ0v) is 23.2. The Labute approximate surface area is 236 Å². The number of nitrogens with one attached hydrogen (secondary N) is 5.